The molecule has 0 spiro atoms. The van der Waals surface area contributed by atoms with E-state index in [1.807, 2.05) is 0 Å². The van der Waals surface area contributed by atoms with Crippen LogP contribution in [-0.4, -0.2) is 9.97 Å². The molecule has 1 heterocycles. The standard InChI is InChI=1S/C12H10F3N3/c13-12(14,15)9-4-1-2-5-10(9)18-8-11-16-6-3-7-17-11/h1-7,18H,8H2. The molecule has 1 N–H and O–H groups in total. The molecule has 0 amide bonds. The topological polar surface area (TPSA) is 37.8 Å². The minimum absolute atomic E-state index is 0.0254. The molecule has 0 saturated heterocycles. The van der Waals surface area contributed by atoms with Crippen molar-refractivity contribution < 1.29 is 13.2 Å². The van der Waals surface area contributed by atoms with Crippen molar-refractivity contribution in [1.29, 1.82) is 0 Å². The zero-order valence-corrected chi connectivity index (χ0v) is 9.28. The molecule has 0 aliphatic heterocycles. The zero-order chi connectivity index (χ0) is 13.0. The van der Waals surface area contributed by atoms with E-state index in [2.05, 4.69) is 15.3 Å². The van der Waals surface area contributed by atoms with E-state index in [1.54, 1.807) is 24.5 Å². The largest absolute Gasteiger partial charge is 0.418 e. The van der Waals surface area contributed by atoms with Gasteiger partial charge in [-0.1, -0.05) is 12.1 Å². The SMILES string of the molecule is FC(F)(F)c1ccccc1NCc1ncccn1. The van der Waals surface area contributed by atoms with Crippen LogP contribution in [-0.2, 0) is 12.7 Å². The molecule has 6 heteroatoms. The normalized spacial score (nSPS) is 11.3. The number of hydrogen-bond acceptors (Lipinski definition) is 3. The summed E-state index contributed by atoms with van der Waals surface area (Å²) in [5.41, 5.74) is -0.668. The number of alkyl halides is 3. The molecular formula is C12H10F3N3. The van der Waals surface area contributed by atoms with E-state index in [0.717, 1.165) is 6.07 Å². The summed E-state index contributed by atoms with van der Waals surface area (Å²) < 4.78 is 38.1. The van der Waals surface area contributed by atoms with Crippen LogP contribution in [0.3, 0.4) is 0 Å². The lowest BCUT2D eigenvalue weighted by Gasteiger charge is -2.13. The van der Waals surface area contributed by atoms with Crippen molar-refractivity contribution in [2.75, 3.05) is 5.32 Å². The number of aromatic nitrogens is 2. The summed E-state index contributed by atoms with van der Waals surface area (Å²) in [6.45, 7) is 0.147. The van der Waals surface area contributed by atoms with E-state index in [1.165, 1.54) is 12.1 Å². The van der Waals surface area contributed by atoms with E-state index in [9.17, 15) is 13.2 Å². The number of nitrogens with one attached hydrogen (secondary N) is 1. The first kappa shape index (κ1) is 12.3. The third-order valence-corrected chi connectivity index (χ3v) is 2.29. The minimum atomic E-state index is -4.37. The van der Waals surface area contributed by atoms with Gasteiger partial charge in [0.15, 0.2) is 0 Å². The molecule has 0 atom stereocenters. The molecule has 0 aliphatic carbocycles. The first-order chi connectivity index (χ1) is 8.57. The molecule has 3 nitrogen and oxygen atoms in total. The number of para-hydroxylation sites is 1. The third kappa shape index (κ3) is 2.97. The number of benzene rings is 1. The van der Waals surface area contributed by atoms with Gasteiger partial charge in [-0.25, -0.2) is 9.97 Å². The Kier molecular flexibility index (Phi) is 3.45. The Labute approximate surface area is 102 Å². The maximum atomic E-state index is 12.7. The minimum Gasteiger partial charge on any atom is -0.377 e. The summed E-state index contributed by atoms with van der Waals surface area (Å²) in [7, 11) is 0. The maximum absolute atomic E-state index is 12.7. The molecule has 18 heavy (non-hydrogen) atoms. The number of anilines is 1. The Bertz CT molecular complexity index is 511. The van der Waals surface area contributed by atoms with Crippen molar-refractivity contribution in [2.24, 2.45) is 0 Å². The second-order valence-corrected chi connectivity index (χ2v) is 3.56. The average molecular weight is 253 g/mol. The average Bonchev–Trinajstić information content (AvgIpc) is 2.37. The van der Waals surface area contributed by atoms with Gasteiger partial charge in [0.2, 0.25) is 0 Å². The first-order valence-electron chi connectivity index (χ1n) is 5.23. The van der Waals surface area contributed by atoms with E-state index in [-0.39, 0.29) is 12.2 Å². The predicted octanol–water partition coefficient (Wildman–Crippen LogP) is 3.11. The molecule has 1 aromatic carbocycles. The Morgan fingerprint density at radius 1 is 1.00 bits per heavy atom. The summed E-state index contributed by atoms with van der Waals surface area (Å²) in [5, 5.41) is 2.69. The molecule has 0 radical (unpaired) electrons. The second-order valence-electron chi connectivity index (χ2n) is 3.56. The van der Waals surface area contributed by atoms with Crippen molar-refractivity contribution >= 4 is 5.69 Å². The van der Waals surface area contributed by atoms with E-state index in [4.69, 9.17) is 0 Å². The molecular weight excluding hydrogens is 243 g/mol. The highest BCUT2D eigenvalue weighted by Crippen LogP contribution is 2.34. The highest BCUT2D eigenvalue weighted by Gasteiger charge is 2.33. The molecule has 0 fully saturated rings. The monoisotopic (exact) mass is 253 g/mol. The van der Waals surface area contributed by atoms with Crippen molar-refractivity contribution in [2.45, 2.75) is 12.7 Å². The molecule has 2 rings (SSSR count). The Balaban J connectivity index is 2.15. The van der Waals surface area contributed by atoms with Gasteiger partial charge in [0, 0.05) is 18.1 Å². The van der Waals surface area contributed by atoms with Gasteiger partial charge in [-0.2, -0.15) is 13.2 Å². The van der Waals surface area contributed by atoms with Gasteiger partial charge in [-0.3, -0.25) is 0 Å². The first-order valence-corrected chi connectivity index (χ1v) is 5.23. The van der Waals surface area contributed by atoms with Crippen molar-refractivity contribution in [1.82, 2.24) is 9.97 Å². The van der Waals surface area contributed by atoms with Gasteiger partial charge >= 0.3 is 6.18 Å². The fraction of sp³-hybridized carbons (Fsp3) is 0.167. The van der Waals surface area contributed by atoms with Crippen LogP contribution >= 0.6 is 0 Å². The van der Waals surface area contributed by atoms with Gasteiger partial charge in [-0.05, 0) is 18.2 Å². The molecule has 0 unspecified atom stereocenters. The number of rotatable bonds is 3. The summed E-state index contributed by atoms with van der Waals surface area (Å²) in [5.74, 6) is 0.439. The zero-order valence-electron chi connectivity index (χ0n) is 9.28. The highest BCUT2D eigenvalue weighted by atomic mass is 19.4. The van der Waals surface area contributed by atoms with E-state index in [0.29, 0.717) is 5.82 Å². The fourth-order valence-corrected chi connectivity index (χ4v) is 1.48. The lowest BCUT2D eigenvalue weighted by atomic mass is 10.1. The molecule has 2 aromatic rings. The summed E-state index contributed by atoms with van der Waals surface area (Å²) in [6, 6.07) is 6.96. The molecule has 0 aliphatic rings. The third-order valence-electron chi connectivity index (χ3n) is 2.29. The molecule has 94 valence electrons. The molecule has 0 saturated carbocycles. The predicted molar refractivity (Wildman–Crippen MR) is 60.8 cm³/mol. The van der Waals surface area contributed by atoms with Crippen LogP contribution < -0.4 is 5.32 Å². The lowest BCUT2D eigenvalue weighted by molar-refractivity contribution is -0.137. The number of halogens is 3. The Hall–Kier alpha value is -2.11. The van der Waals surface area contributed by atoms with Crippen LogP contribution in [0, 0.1) is 0 Å². The Morgan fingerprint density at radius 2 is 1.67 bits per heavy atom. The van der Waals surface area contributed by atoms with Crippen molar-refractivity contribution in [3.63, 3.8) is 0 Å². The smallest absolute Gasteiger partial charge is 0.377 e. The summed E-state index contributed by atoms with van der Waals surface area (Å²) in [6.07, 6.45) is -1.29. The number of nitrogens with zero attached hydrogens (tertiary/aromatic N) is 2. The fourth-order valence-electron chi connectivity index (χ4n) is 1.48. The molecule has 1 aromatic heterocycles. The highest BCUT2D eigenvalue weighted by molar-refractivity contribution is 5.52. The van der Waals surface area contributed by atoms with Crippen LogP contribution in [0.5, 0.6) is 0 Å². The van der Waals surface area contributed by atoms with Crippen LogP contribution in [0.15, 0.2) is 42.7 Å². The van der Waals surface area contributed by atoms with Gasteiger partial charge in [0.1, 0.15) is 5.82 Å². The van der Waals surface area contributed by atoms with Crippen LogP contribution in [0.4, 0.5) is 18.9 Å². The summed E-state index contributed by atoms with van der Waals surface area (Å²) in [4.78, 5) is 7.86. The van der Waals surface area contributed by atoms with Gasteiger partial charge in [-0.15, -0.1) is 0 Å². The number of hydrogen-bond donors (Lipinski definition) is 1. The molecule has 0 bridgehead atoms. The second kappa shape index (κ2) is 5.03. The van der Waals surface area contributed by atoms with Gasteiger partial charge in [0.05, 0.1) is 12.1 Å². The van der Waals surface area contributed by atoms with Crippen molar-refractivity contribution in [3.05, 3.63) is 54.1 Å². The lowest BCUT2D eigenvalue weighted by Crippen LogP contribution is -2.11. The van der Waals surface area contributed by atoms with Crippen LogP contribution in [0.25, 0.3) is 0 Å². The maximum Gasteiger partial charge on any atom is 0.418 e. The van der Waals surface area contributed by atoms with E-state index < -0.39 is 11.7 Å². The quantitative estimate of drug-likeness (QED) is 0.913. The van der Waals surface area contributed by atoms with Gasteiger partial charge in [0.25, 0.3) is 0 Å². The Morgan fingerprint density at radius 3 is 2.33 bits per heavy atom. The van der Waals surface area contributed by atoms with Gasteiger partial charge < -0.3 is 5.32 Å². The summed E-state index contributed by atoms with van der Waals surface area (Å²) >= 11 is 0. The van der Waals surface area contributed by atoms with Crippen LogP contribution in [0.1, 0.15) is 11.4 Å². The van der Waals surface area contributed by atoms with E-state index >= 15 is 0 Å². The van der Waals surface area contributed by atoms with Crippen LogP contribution in [0.2, 0.25) is 0 Å². The van der Waals surface area contributed by atoms with Crippen molar-refractivity contribution in [3.8, 4) is 0 Å².